The summed E-state index contributed by atoms with van der Waals surface area (Å²) in [7, 11) is 1.47. The Morgan fingerprint density at radius 3 is 2.41 bits per heavy atom. The van der Waals surface area contributed by atoms with Gasteiger partial charge < -0.3 is 14.4 Å². The zero-order chi connectivity index (χ0) is 19.3. The molecule has 1 aliphatic heterocycles. The Kier molecular flexibility index (Phi) is 6.06. The number of alkyl halides is 2. The summed E-state index contributed by atoms with van der Waals surface area (Å²) in [6.45, 7) is 0.291. The first kappa shape index (κ1) is 19.3. The van der Waals surface area contributed by atoms with Gasteiger partial charge in [0.25, 0.3) is 5.92 Å². The van der Waals surface area contributed by atoms with E-state index in [-0.39, 0.29) is 19.6 Å². The van der Waals surface area contributed by atoms with E-state index in [1.807, 2.05) is 42.5 Å². The van der Waals surface area contributed by atoms with Gasteiger partial charge in [-0.3, -0.25) is 0 Å². The number of rotatable bonds is 7. The van der Waals surface area contributed by atoms with Gasteiger partial charge in [0.05, 0.1) is 6.54 Å². The van der Waals surface area contributed by atoms with Crippen LogP contribution in [0.3, 0.4) is 0 Å². The summed E-state index contributed by atoms with van der Waals surface area (Å²) >= 11 is 0. The largest absolute Gasteiger partial charge is 0.459 e. The molecule has 0 radical (unpaired) electrons. The van der Waals surface area contributed by atoms with Crippen LogP contribution >= 0.6 is 0 Å². The monoisotopic (exact) mass is 375 g/mol. The number of halogens is 2. The van der Waals surface area contributed by atoms with Gasteiger partial charge in [-0.2, -0.15) is 0 Å². The minimum absolute atomic E-state index is 0.117. The third kappa shape index (κ3) is 5.26. The molecule has 2 aromatic carbocycles. The molecule has 3 rings (SSSR count). The molecule has 1 saturated heterocycles. The number of benzene rings is 2. The van der Waals surface area contributed by atoms with Gasteiger partial charge in [-0.25, -0.2) is 13.6 Å². The van der Waals surface area contributed by atoms with Crippen molar-refractivity contribution in [3.05, 3.63) is 65.7 Å². The summed E-state index contributed by atoms with van der Waals surface area (Å²) in [6, 6.07) is 16.7. The van der Waals surface area contributed by atoms with Crippen LogP contribution < -0.4 is 4.90 Å². The van der Waals surface area contributed by atoms with Crippen molar-refractivity contribution in [2.24, 2.45) is 0 Å². The fraction of sp³-hybridized carbons (Fsp3) is 0.381. The lowest BCUT2D eigenvalue weighted by atomic mass is 10.1. The van der Waals surface area contributed by atoms with Crippen LogP contribution in [-0.2, 0) is 27.3 Å². The minimum Gasteiger partial charge on any atom is -0.459 e. The lowest BCUT2D eigenvalue weighted by Gasteiger charge is -2.19. The summed E-state index contributed by atoms with van der Waals surface area (Å²) in [6.07, 6.45) is -0.468. The van der Waals surface area contributed by atoms with Gasteiger partial charge in [-0.1, -0.05) is 42.5 Å². The fourth-order valence-electron chi connectivity index (χ4n) is 3.10. The predicted octanol–water partition coefficient (Wildman–Crippen LogP) is 3.83. The van der Waals surface area contributed by atoms with Crippen molar-refractivity contribution >= 4 is 11.7 Å². The minimum atomic E-state index is -2.62. The molecule has 2 aromatic rings. The summed E-state index contributed by atoms with van der Waals surface area (Å²) in [5.74, 6) is -3.05. The van der Waals surface area contributed by atoms with E-state index in [0.29, 0.717) is 13.0 Å². The molecule has 0 saturated carbocycles. The van der Waals surface area contributed by atoms with Crippen molar-refractivity contribution in [2.45, 2.75) is 31.5 Å². The van der Waals surface area contributed by atoms with Gasteiger partial charge in [-0.05, 0) is 23.3 Å². The Morgan fingerprint density at radius 2 is 1.81 bits per heavy atom. The van der Waals surface area contributed by atoms with E-state index in [1.54, 1.807) is 17.0 Å². The Balaban J connectivity index is 1.55. The molecule has 1 heterocycles. The molecular weight excluding hydrogens is 352 g/mol. The van der Waals surface area contributed by atoms with Crippen LogP contribution in [0, 0.1) is 0 Å². The summed E-state index contributed by atoms with van der Waals surface area (Å²) in [4.78, 5) is 13.9. The van der Waals surface area contributed by atoms with E-state index in [0.717, 1.165) is 16.8 Å². The average Bonchev–Trinajstić information content (AvgIpc) is 3.05. The predicted molar refractivity (Wildman–Crippen MR) is 99.0 cm³/mol. The van der Waals surface area contributed by atoms with E-state index in [4.69, 9.17) is 9.47 Å². The molecule has 0 spiro atoms. The topological polar surface area (TPSA) is 38.8 Å². The number of hydrogen-bond donors (Lipinski definition) is 0. The maximum Gasteiger partial charge on any atom is 0.335 e. The fourth-order valence-corrected chi connectivity index (χ4v) is 3.10. The summed E-state index contributed by atoms with van der Waals surface area (Å²) in [5.41, 5.74) is 2.55. The number of nitrogens with zero attached hydrogens (tertiary/aromatic N) is 1. The van der Waals surface area contributed by atoms with Crippen molar-refractivity contribution < 1.29 is 23.0 Å². The maximum atomic E-state index is 13.4. The molecule has 1 unspecified atom stereocenters. The molecule has 0 N–H and O–H groups in total. The number of carbonyl (C=O) groups excluding carboxylic acids is 1. The Morgan fingerprint density at radius 1 is 1.11 bits per heavy atom. The van der Waals surface area contributed by atoms with Crippen molar-refractivity contribution in [1.82, 2.24) is 0 Å². The highest BCUT2D eigenvalue weighted by Crippen LogP contribution is 2.30. The summed E-state index contributed by atoms with van der Waals surface area (Å²) < 4.78 is 37.3. The van der Waals surface area contributed by atoms with E-state index < -0.39 is 18.0 Å². The van der Waals surface area contributed by atoms with Gasteiger partial charge in [-0.15, -0.1) is 0 Å². The van der Waals surface area contributed by atoms with Crippen LogP contribution in [0.25, 0.3) is 0 Å². The molecule has 0 aliphatic carbocycles. The molecule has 6 heteroatoms. The molecule has 0 aromatic heterocycles. The first-order valence-electron chi connectivity index (χ1n) is 8.92. The van der Waals surface area contributed by atoms with E-state index in [2.05, 4.69) is 0 Å². The molecule has 1 fully saturated rings. The zero-order valence-electron chi connectivity index (χ0n) is 15.2. The quantitative estimate of drug-likeness (QED) is 0.690. The highest BCUT2D eigenvalue weighted by Gasteiger charge is 2.38. The number of methoxy groups -OCH3 is 1. The van der Waals surface area contributed by atoms with Crippen molar-refractivity contribution in [2.75, 3.05) is 25.1 Å². The van der Waals surface area contributed by atoms with Crippen molar-refractivity contribution in [3.8, 4) is 0 Å². The van der Waals surface area contributed by atoms with E-state index >= 15 is 0 Å². The van der Waals surface area contributed by atoms with Gasteiger partial charge in [0.15, 0.2) is 6.10 Å². The first-order valence-corrected chi connectivity index (χ1v) is 8.92. The SMILES string of the molecule is COC(Cc1ccc(N2CCC(F)(F)C2)cc1)C(=O)OCc1ccccc1. The first-order chi connectivity index (χ1) is 13.0. The van der Waals surface area contributed by atoms with Crippen LogP contribution in [0.4, 0.5) is 14.5 Å². The zero-order valence-corrected chi connectivity index (χ0v) is 15.2. The Labute approximate surface area is 157 Å². The maximum absolute atomic E-state index is 13.4. The molecule has 1 aliphatic rings. The highest BCUT2D eigenvalue weighted by atomic mass is 19.3. The molecule has 0 bridgehead atoms. The number of anilines is 1. The second kappa shape index (κ2) is 8.48. The number of hydrogen-bond acceptors (Lipinski definition) is 4. The Bertz CT molecular complexity index is 750. The Hall–Kier alpha value is -2.47. The van der Waals surface area contributed by atoms with Crippen LogP contribution in [-0.4, -0.2) is 38.2 Å². The van der Waals surface area contributed by atoms with Crippen molar-refractivity contribution in [1.29, 1.82) is 0 Å². The van der Waals surface area contributed by atoms with Crippen LogP contribution in [0.5, 0.6) is 0 Å². The average molecular weight is 375 g/mol. The van der Waals surface area contributed by atoms with Crippen LogP contribution in [0.15, 0.2) is 54.6 Å². The molecule has 27 heavy (non-hydrogen) atoms. The van der Waals surface area contributed by atoms with Crippen molar-refractivity contribution in [3.63, 3.8) is 0 Å². The van der Waals surface area contributed by atoms with Crippen LogP contribution in [0.1, 0.15) is 17.5 Å². The molecular formula is C21H23F2NO3. The molecule has 144 valence electrons. The number of ether oxygens (including phenoxy) is 2. The lowest BCUT2D eigenvalue weighted by molar-refractivity contribution is -0.156. The molecule has 0 amide bonds. The third-order valence-electron chi connectivity index (χ3n) is 4.66. The lowest BCUT2D eigenvalue weighted by Crippen LogP contribution is -2.27. The second-order valence-corrected chi connectivity index (χ2v) is 6.72. The normalized spacial score (nSPS) is 16.9. The van der Waals surface area contributed by atoms with Gasteiger partial charge >= 0.3 is 5.97 Å². The highest BCUT2D eigenvalue weighted by molar-refractivity contribution is 5.75. The second-order valence-electron chi connectivity index (χ2n) is 6.72. The van der Waals surface area contributed by atoms with Gasteiger partial charge in [0.1, 0.15) is 6.61 Å². The van der Waals surface area contributed by atoms with Crippen LogP contribution in [0.2, 0.25) is 0 Å². The molecule has 1 atom stereocenters. The molecule has 4 nitrogen and oxygen atoms in total. The van der Waals surface area contributed by atoms with Gasteiger partial charge in [0, 0.05) is 32.2 Å². The standard InChI is InChI=1S/C21H23F2NO3/c1-26-19(20(25)27-14-17-5-3-2-4-6-17)13-16-7-9-18(10-8-16)24-12-11-21(22,23)15-24/h2-10,19H,11-15H2,1H3. The van der Waals surface area contributed by atoms with E-state index in [1.165, 1.54) is 7.11 Å². The number of esters is 1. The van der Waals surface area contributed by atoms with E-state index in [9.17, 15) is 13.6 Å². The summed E-state index contributed by atoms with van der Waals surface area (Å²) in [5, 5.41) is 0. The third-order valence-corrected chi connectivity index (χ3v) is 4.66. The van der Waals surface area contributed by atoms with Gasteiger partial charge in [0.2, 0.25) is 0 Å². The smallest absolute Gasteiger partial charge is 0.335 e. The number of carbonyl (C=O) groups is 1.